The minimum Gasteiger partial charge on any atom is -0.449 e. The highest BCUT2D eigenvalue weighted by atomic mass is 35.5. The minimum atomic E-state index is -0.706. The second kappa shape index (κ2) is 9.99. The topological polar surface area (TPSA) is 75.7 Å². The number of nitrogens with one attached hydrogen (secondary N) is 1. The van der Waals surface area contributed by atoms with Gasteiger partial charge in [0.2, 0.25) is 5.91 Å². The van der Waals surface area contributed by atoms with Gasteiger partial charge < -0.3 is 15.0 Å². The first kappa shape index (κ1) is 20.8. The Morgan fingerprint density at radius 2 is 1.85 bits per heavy atom. The van der Waals surface area contributed by atoms with Gasteiger partial charge in [-0.1, -0.05) is 41.9 Å². The van der Waals surface area contributed by atoms with Crippen molar-refractivity contribution in [1.29, 1.82) is 0 Å². The van der Waals surface area contributed by atoms with Crippen LogP contribution in [0.25, 0.3) is 0 Å². The van der Waals surface area contributed by atoms with Gasteiger partial charge in [0, 0.05) is 29.0 Å². The number of carbonyl (C=O) groups is 3. The number of hydrogen-bond acceptors (Lipinski definition) is 5. The quantitative estimate of drug-likeness (QED) is 0.547. The average molecular weight is 407 g/mol. The van der Waals surface area contributed by atoms with Crippen LogP contribution in [0.4, 0.5) is 10.5 Å². The van der Waals surface area contributed by atoms with E-state index in [0.29, 0.717) is 27.6 Å². The summed E-state index contributed by atoms with van der Waals surface area (Å²) in [6.07, 6.45) is -0.706. The van der Waals surface area contributed by atoms with E-state index < -0.39 is 12.0 Å². The molecule has 0 aliphatic carbocycles. The molecule has 0 spiro atoms. The summed E-state index contributed by atoms with van der Waals surface area (Å²) in [6, 6.07) is 13.4. The Balaban J connectivity index is 2.18. The zero-order valence-electron chi connectivity index (χ0n) is 14.6. The monoisotopic (exact) mass is 406 g/mol. The van der Waals surface area contributed by atoms with Crippen molar-refractivity contribution in [3.63, 3.8) is 0 Å². The van der Waals surface area contributed by atoms with Crippen LogP contribution in [-0.4, -0.2) is 43.7 Å². The largest absolute Gasteiger partial charge is 0.449 e. The Hall–Kier alpha value is -2.51. The molecule has 0 saturated carbocycles. The number of halogens is 1. The summed E-state index contributed by atoms with van der Waals surface area (Å²) in [5, 5.41) is 2.74. The Bertz CT molecular complexity index is 830. The maximum absolute atomic E-state index is 12.8. The number of anilines is 1. The van der Waals surface area contributed by atoms with Crippen molar-refractivity contribution in [2.24, 2.45) is 0 Å². The third kappa shape index (κ3) is 5.74. The van der Waals surface area contributed by atoms with Gasteiger partial charge in [-0.15, -0.1) is 0 Å². The fourth-order valence-electron chi connectivity index (χ4n) is 2.32. The van der Waals surface area contributed by atoms with Crippen molar-refractivity contribution in [2.45, 2.75) is 0 Å². The number of rotatable bonds is 7. The molecular formula is C19H19ClN2O4S. The van der Waals surface area contributed by atoms with Crippen LogP contribution in [0.1, 0.15) is 15.9 Å². The van der Waals surface area contributed by atoms with E-state index in [1.54, 1.807) is 36.4 Å². The number of ether oxygens (including phenoxy) is 1. The lowest BCUT2D eigenvalue weighted by atomic mass is 10.0. The van der Waals surface area contributed by atoms with E-state index in [1.807, 2.05) is 6.07 Å². The molecule has 27 heavy (non-hydrogen) atoms. The van der Waals surface area contributed by atoms with Gasteiger partial charge in [0.15, 0.2) is 5.78 Å². The fourth-order valence-corrected chi connectivity index (χ4v) is 2.58. The van der Waals surface area contributed by atoms with Gasteiger partial charge in [-0.25, -0.2) is 4.79 Å². The lowest BCUT2D eigenvalue weighted by Crippen LogP contribution is -2.39. The highest BCUT2D eigenvalue weighted by molar-refractivity contribution is 7.80. The van der Waals surface area contributed by atoms with Gasteiger partial charge in [0.1, 0.15) is 13.2 Å². The van der Waals surface area contributed by atoms with E-state index in [2.05, 4.69) is 17.9 Å². The molecule has 0 radical (unpaired) electrons. The normalized spacial score (nSPS) is 10.2. The molecule has 0 aromatic heterocycles. The zero-order valence-corrected chi connectivity index (χ0v) is 16.3. The summed E-state index contributed by atoms with van der Waals surface area (Å²) in [6.45, 7) is -0.130. The molecule has 2 aromatic carbocycles. The van der Waals surface area contributed by atoms with E-state index in [0.717, 1.165) is 0 Å². The van der Waals surface area contributed by atoms with Gasteiger partial charge in [0.05, 0.1) is 5.69 Å². The third-order valence-corrected chi connectivity index (χ3v) is 4.10. The number of benzene rings is 2. The summed E-state index contributed by atoms with van der Waals surface area (Å²) >= 11 is 9.98. The summed E-state index contributed by atoms with van der Waals surface area (Å²) in [7, 11) is 1.52. The van der Waals surface area contributed by atoms with E-state index in [-0.39, 0.29) is 18.9 Å². The molecule has 0 bridgehead atoms. The molecule has 0 heterocycles. The van der Waals surface area contributed by atoms with Gasteiger partial charge in [-0.05, 0) is 18.2 Å². The number of likely N-dealkylation sites (N-methyl/N-ethyl adjacent to an activating group) is 1. The molecule has 142 valence electrons. The van der Waals surface area contributed by atoms with Crippen molar-refractivity contribution in [1.82, 2.24) is 5.32 Å². The Labute approximate surface area is 167 Å². The van der Waals surface area contributed by atoms with E-state index in [4.69, 9.17) is 16.3 Å². The number of carbonyl (C=O) groups excluding carboxylic acids is 3. The van der Waals surface area contributed by atoms with Crippen LogP contribution in [0, 0.1) is 0 Å². The van der Waals surface area contributed by atoms with Crippen LogP contribution >= 0.6 is 24.2 Å². The molecule has 1 N–H and O–H groups in total. The van der Waals surface area contributed by atoms with Crippen molar-refractivity contribution < 1.29 is 19.1 Å². The summed E-state index contributed by atoms with van der Waals surface area (Å²) in [5.74, 6) is -0.284. The van der Waals surface area contributed by atoms with E-state index in [1.165, 1.54) is 18.0 Å². The molecule has 2 rings (SSSR count). The number of amides is 2. The Kier molecular flexibility index (Phi) is 7.69. The van der Waals surface area contributed by atoms with Crippen LogP contribution < -0.4 is 10.2 Å². The molecule has 2 amide bonds. The molecule has 0 aliphatic heterocycles. The summed E-state index contributed by atoms with van der Waals surface area (Å²) in [5.41, 5.74) is 1.17. The van der Waals surface area contributed by atoms with Crippen molar-refractivity contribution >= 4 is 47.7 Å². The maximum Gasteiger partial charge on any atom is 0.407 e. The van der Waals surface area contributed by atoms with Crippen LogP contribution in [0.5, 0.6) is 0 Å². The lowest BCUT2D eigenvalue weighted by Gasteiger charge is -2.21. The molecule has 6 nitrogen and oxygen atoms in total. The second-order valence-electron chi connectivity index (χ2n) is 5.52. The highest BCUT2D eigenvalue weighted by Gasteiger charge is 2.20. The summed E-state index contributed by atoms with van der Waals surface area (Å²) in [4.78, 5) is 38.0. The molecule has 0 fully saturated rings. The minimum absolute atomic E-state index is 0.145. The van der Waals surface area contributed by atoms with Crippen LogP contribution in [0.15, 0.2) is 48.5 Å². The standard InChI is InChI=1S/C19H19ClN2O4S/c1-22(17(23)12-21-19(25)26-9-10-27)16-8-7-14(20)11-15(16)18(24)13-5-3-2-4-6-13/h2-8,11,27H,9-10,12H2,1H3,(H,21,25). The molecule has 2 aromatic rings. The van der Waals surface area contributed by atoms with Crippen molar-refractivity contribution in [3.05, 3.63) is 64.7 Å². The smallest absolute Gasteiger partial charge is 0.407 e. The predicted molar refractivity (Wildman–Crippen MR) is 108 cm³/mol. The first-order valence-corrected chi connectivity index (χ1v) is 9.12. The number of nitrogens with zero attached hydrogens (tertiary/aromatic N) is 1. The molecule has 0 unspecified atom stereocenters. The van der Waals surface area contributed by atoms with Gasteiger partial charge in [0.25, 0.3) is 0 Å². The maximum atomic E-state index is 12.8. The number of thiol groups is 1. The Morgan fingerprint density at radius 1 is 1.15 bits per heavy atom. The Morgan fingerprint density at radius 3 is 2.52 bits per heavy atom. The van der Waals surface area contributed by atoms with Crippen LogP contribution in [0.3, 0.4) is 0 Å². The second-order valence-corrected chi connectivity index (χ2v) is 6.41. The first-order valence-electron chi connectivity index (χ1n) is 8.11. The molecule has 0 saturated heterocycles. The zero-order chi connectivity index (χ0) is 19.8. The number of ketones is 1. The SMILES string of the molecule is CN(C(=O)CNC(=O)OCCS)c1ccc(Cl)cc1C(=O)c1ccccc1. The molecule has 0 aliphatic rings. The number of alkyl carbamates (subject to hydrolysis) is 1. The van der Waals surface area contributed by atoms with Crippen molar-refractivity contribution in [3.8, 4) is 0 Å². The van der Waals surface area contributed by atoms with E-state index >= 15 is 0 Å². The fraction of sp³-hybridized carbons (Fsp3) is 0.211. The molecule has 8 heteroatoms. The molecule has 0 atom stereocenters. The van der Waals surface area contributed by atoms with Crippen molar-refractivity contribution in [2.75, 3.05) is 30.9 Å². The van der Waals surface area contributed by atoms with Gasteiger partial charge in [-0.3, -0.25) is 9.59 Å². The van der Waals surface area contributed by atoms with Crippen LogP contribution in [0.2, 0.25) is 5.02 Å². The van der Waals surface area contributed by atoms with Crippen LogP contribution in [-0.2, 0) is 9.53 Å². The average Bonchev–Trinajstić information content (AvgIpc) is 2.69. The lowest BCUT2D eigenvalue weighted by molar-refractivity contribution is -0.117. The highest BCUT2D eigenvalue weighted by Crippen LogP contribution is 2.26. The van der Waals surface area contributed by atoms with E-state index in [9.17, 15) is 14.4 Å². The predicted octanol–water partition coefficient (Wildman–Crippen LogP) is 3.19. The van der Waals surface area contributed by atoms with Gasteiger partial charge >= 0.3 is 6.09 Å². The molecular weight excluding hydrogens is 388 g/mol. The summed E-state index contributed by atoms with van der Waals surface area (Å²) < 4.78 is 4.79. The van der Waals surface area contributed by atoms with Gasteiger partial charge in [-0.2, -0.15) is 12.6 Å². The third-order valence-electron chi connectivity index (χ3n) is 3.68. The first-order chi connectivity index (χ1) is 12.9. The number of hydrogen-bond donors (Lipinski definition) is 2.